The van der Waals surface area contributed by atoms with Gasteiger partial charge in [0.05, 0.1) is 12.5 Å². The molecule has 9 N–H and O–H groups in total. The molecule has 0 saturated carbocycles. The Morgan fingerprint density at radius 3 is 2.41 bits per heavy atom. The highest BCUT2D eigenvalue weighted by molar-refractivity contribution is 5.95. The van der Waals surface area contributed by atoms with Crippen LogP contribution in [0.3, 0.4) is 0 Å². The maximum atomic E-state index is 12.9. The molecule has 0 aliphatic rings. The Morgan fingerprint density at radius 1 is 1.06 bits per heavy atom. The normalized spacial score (nSPS) is 13.6. The fraction of sp³-hybridized carbons (Fsp3) is 0.350. The number of carboxylic acids is 1. The van der Waals surface area contributed by atoms with Gasteiger partial charge in [-0.1, -0.05) is 18.2 Å². The van der Waals surface area contributed by atoms with Crippen LogP contribution in [0.25, 0.3) is 10.9 Å². The molecule has 0 fully saturated rings. The molecule has 0 aliphatic heterocycles. The van der Waals surface area contributed by atoms with E-state index in [2.05, 4.69) is 20.9 Å². The van der Waals surface area contributed by atoms with Crippen LogP contribution in [-0.4, -0.2) is 64.4 Å². The van der Waals surface area contributed by atoms with Gasteiger partial charge in [-0.15, -0.1) is 0 Å². The molecule has 1 aromatic carbocycles. The number of nitrogens with one attached hydrogen (secondary N) is 4. The number of aliphatic carboxylic acids is 1. The number of fused-ring (bicyclic) bond motifs is 1. The third kappa shape index (κ3) is 6.80. The van der Waals surface area contributed by atoms with Gasteiger partial charge in [0.25, 0.3) is 0 Å². The van der Waals surface area contributed by atoms with Crippen LogP contribution in [0.5, 0.6) is 0 Å². The van der Waals surface area contributed by atoms with Crippen LogP contribution in [0.15, 0.2) is 30.5 Å². The van der Waals surface area contributed by atoms with E-state index in [4.69, 9.17) is 16.6 Å². The van der Waals surface area contributed by atoms with Crippen molar-refractivity contribution in [2.75, 3.05) is 6.54 Å². The van der Waals surface area contributed by atoms with Gasteiger partial charge >= 0.3 is 5.97 Å². The van der Waals surface area contributed by atoms with E-state index in [-0.39, 0.29) is 6.42 Å². The first kappa shape index (κ1) is 24.3. The topological polar surface area (TPSA) is 209 Å². The van der Waals surface area contributed by atoms with Crippen LogP contribution in [-0.2, 0) is 30.4 Å². The number of aromatic amines is 1. The number of amides is 4. The van der Waals surface area contributed by atoms with Crippen LogP contribution in [0, 0.1) is 0 Å². The van der Waals surface area contributed by atoms with Crippen molar-refractivity contribution in [3.63, 3.8) is 0 Å². The third-order valence-corrected chi connectivity index (χ3v) is 4.66. The van der Waals surface area contributed by atoms with Gasteiger partial charge in [-0.05, 0) is 18.6 Å². The fourth-order valence-electron chi connectivity index (χ4n) is 3.01. The lowest BCUT2D eigenvalue weighted by atomic mass is 10.0. The summed E-state index contributed by atoms with van der Waals surface area (Å²) in [7, 11) is 0. The molecular formula is C20H26N6O6. The highest BCUT2D eigenvalue weighted by atomic mass is 16.4. The molecule has 32 heavy (non-hydrogen) atoms. The van der Waals surface area contributed by atoms with Crippen LogP contribution in [0.2, 0.25) is 0 Å². The number of rotatable bonds is 11. The maximum Gasteiger partial charge on any atom is 0.322 e. The molecule has 2 aromatic rings. The lowest BCUT2D eigenvalue weighted by molar-refractivity contribution is -0.138. The van der Waals surface area contributed by atoms with Crippen molar-refractivity contribution in [2.45, 2.75) is 37.9 Å². The number of primary amides is 1. The molecule has 0 bridgehead atoms. The minimum Gasteiger partial charge on any atom is -0.480 e. The van der Waals surface area contributed by atoms with E-state index in [1.807, 2.05) is 24.3 Å². The number of hydrogen-bond donors (Lipinski definition) is 7. The van der Waals surface area contributed by atoms with Crippen LogP contribution in [0.4, 0.5) is 0 Å². The van der Waals surface area contributed by atoms with Crippen molar-refractivity contribution in [2.24, 2.45) is 11.5 Å². The summed E-state index contributed by atoms with van der Waals surface area (Å²) in [6.07, 6.45) is 1.36. The van der Waals surface area contributed by atoms with E-state index in [1.54, 1.807) is 6.20 Å². The molecule has 3 atom stereocenters. The summed E-state index contributed by atoms with van der Waals surface area (Å²) >= 11 is 0. The molecule has 12 heteroatoms. The Hall–Kier alpha value is -3.93. The van der Waals surface area contributed by atoms with E-state index < -0.39 is 60.7 Å². The first-order chi connectivity index (χ1) is 15.1. The molecule has 0 aliphatic carbocycles. The van der Waals surface area contributed by atoms with E-state index in [0.717, 1.165) is 16.5 Å². The Labute approximate surface area is 183 Å². The molecule has 172 valence electrons. The quantitative estimate of drug-likeness (QED) is 0.208. The molecular weight excluding hydrogens is 420 g/mol. The Kier molecular flexibility index (Phi) is 8.30. The minimum absolute atomic E-state index is 0.0638. The first-order valence-corrected chi connectivity index (χ1v) is 9.77. The van der Waals surface area contributed by atoms with Crippen molar-refractivity contribution < 1.29 is 29.1 Å². The van der Waals surface area contributed by atoms with E-state index in [0.29, 0.717) is 0 Å². The van der Waals surface area contributed by atoms with Crippen molar-refractivity contribution >= 4 is 40.5 Å². The summed E-state index contributed by atoms with van der Waals surface area (Å²) in [5, 5.41) is 16.6. The predicted molar refractivity (Wildman–Crippen MR) is 114 cm³/mol. The summed E-state index contributed by atoms with van der Waals surface area (Å²) in [5.41, 5.74) is 12.3. The van der Waals surface area contributed by atoms with Gasteiger partial charge in [-0.2, -0.15) is 0 Å². The van der Waals surface area contributed by atoms with Crippen molar-refractivity contribution in [1.82, 2.24) is 20.9 Å². The molecule has 0 radical (unpaired) electrons. The second-order valence-electron chi connectivity index (χ2n) is 7.24. The third-order valence-electron chi connectivity index (χ3n) is 4.66. The number of carbonyl (C=O) groups is 5. The molecule has 1 aromatic heterocycles. The SMILES string of the molecule is CC(NC(=O)C(Cc1c[nH]c2ccccc12)NC(=O)C(N)CC(N)=O)C(=O)NCC(=O)O. The van der Waals surface area contributed by atoms with Crippen molar-refractivity contribution in [1.29, 1.82) is 0 Å². The largest absolute Gasteiger partial charge is 0.480 e. The summed E-state index contributed by atoms with van der Waals surface area (Å²) in [6, 6.07) is 3.92. The molecule has 12 nitrogen and oxygen atoms in total. The number of nitrogens with two attached hydrogens (primary N) is 2. The average Bonchev–Trinajstić information content (AvgIpc) is 3.13. The lowest BCUT2D eigenvalue weighted by Gasteiger charge is -2.22. The zero-order valence-electron chi connectivity index (χ0n) is 17.4. The highest BCUT2D eigenvalue weighted by Gasteiger charge is 2.28. The monoisotopic (exact) mass is 446 g/mol. The number of carbonyl (C=O) groups excluding carboxylic acids is 4. The summed E-state index contributed by atoms with van der Waals surface area (Å²) in [6.45, 7) is 0.773. The molecule has 0 spiro atoms. The number of H-pyrrole nitrogens is 1. The molecule has 1 heterocycles. The van der Waals surface area contributed by atoms with Gasteiger partial charge in [0.2, 0.25) is 23.6 Å². The smallest absolute Gasteiger partial charge is 0.322 e. The predicted octanol–water partition coefficient (Wildman–Crippen LogP) is -1.90. The molecule has 3 unspecified atom stereocenters. The number of aromatic nitrogens is 1. The first-order valence-electron chi connectivity index (χ1n) is 9.77. The second kappa shape index (κ2) is 10.9. The minimum atomic E-state index is -1.25. The van der Waals surface area contributed by atoms with Gasteiger partial charge in [0.15, 0.2) is 0 Å². The highest BCUT2D eigenvalue weighted by Crippen LogP contribution is 2.19. The zero-order valence-corrected chi connectivity index (χ0v) is 17.4. The standard InChI is InChI=1S/C20H26N6O6/c1-10(18(30)24-9-17(28)29)25-20(32)15(26-19(31)13(21)7-16(22)27)6-11-8-23-14-5-3-2-4-12(11)14/h2-5,8,10,13,15,23H,6-7,9,21H2,1H3,(H2,22,27)(H,24,30)(H,25,32)(H,26,31)(H,28,29). The Bertz CT molecular complexity index is 1020. The van der Waals surface area contributed by atoms with Crippen LogP contribution < -0.4 is 27.4 Å². The number of para-hydroxylation sites is 1. The van der Waals surface area contributed by atoms with Gasteiger partial charge in [0, 0.05) is 23.5 Å². The summed E-state index contributed by atoms with van der Waals surface area (Å²) < 4.78 is 0. The second-order valence-corrected chi connectivity index (χ2v) is 7.24. The van der Waals surface area contributed by atoms with Gasteiger partial charge in [0.1, 0.15) is 18.6 Å². The Balaban J connectivity index is 2.17. The average molecular weight is 446 g/mol. The fourth-order valence-corrected chi connectivity index (χ4v) is 3.01. The van der Waals surface area contributed by atoms with Crippen molar-refractivity contribution in [3.8, 4) is 0 Å². The molecule has 0 saturated heterocycles. The maximum absolute atomic E-state index is 12.9. The van der Waals surface area contributed by atoms with Gasteiger partial charge in [-0.25, -0.2) is 0 Å². The van der Waals surface area contributed by atoms with E-state index >= 15 is 0 Å². The molecule has 4 amide bonds. The number of hydrogen-bond acceptors (Lipinski definition) is 6. The number of carboxylic acid groups (broad SMARTS) is 1. The van der Waals surface area contributed by atoms with Crippen LogP contribution in [0.1, 0.15) is 18.9 Å². The van der Waals surface area contributed by atoms with E-state index in [9.17, 15) is 24.0 Å². The zero-order chi connectivity index (χ0) is 23.8. The lowest BCUT2D eigenvalue weighted by Crippen LogP contribution is -2.56. The van der Waals surface area contributed by atoms with E-state index in [1.165, 1.54) is 6.92 Å². The summed E-state index contributed by atoms with van der Waals surface area (Å²) in [4.78, 5) is 62.0. The van der Waals surface area contributed by atoms with Gasteiger partial charge in [-0.3, -0.25) is 24.0 Å². The Morgan fingerprint density at radius 2 is 1.75 bits per heavy atom. The van der Waals surface area contributed by atoms with Crippen LogP contribution >= 0.6 is 0 Å². The summed E-state index contributed by atoms with van der Waals surface area (Å²) in [5.74, 6) is -4.15. The molecule has 2 rings (SSSR count). The van der Waals surface area contributed by atoms with Crippen molar-refractivity contribution in [3.05, 3.63) is 36.0 Å². The van der Waals surface area contributed by atoms with Gasteiger partial charge < -0.3 is 37.5 Å². The number of benzene rings is 1.